The average Bonchev–Trinajstić information content (AvgIpc) is 2.47. The highest BCUT2D eigenvalue weighted by molar-refractivity contribution is 7.92. The topological polar surface area (TPSA) is 96.0 Å². The summed E-state index contributed by atoms with van der Waals surface area (Å²) in [6.45, 7) is 0.221. The summed E-state index contributed by atoms with van der Waals surface area (Å²) in [5.74, 6) is 0. The van der Waals surface area contributed by atoms with E-state index in [-0.39, 0.29) is 17.0 Å². The van der Waals surface area contributed by atoms with E-state index in [0.717, 1.165) is 0 Å². The van der Waals surface area contributed by atoms with Crippen molar-refractivity contribution in [3.05, 3.63) is 59.7 Å². The first-order valence-corrected chi connectivity index (χ1v) is 7.36. The standard InChI is InChI=1S/C14H13N3O2S/c15-9-11-5-1-3-7-13(11)17-20(18,19)14-8-4-2-6-12(14)10-16/h1-8,17H,9,15H2. The summed E-state index contributed by atoms with van der Waals surface area (Å²) >= 11 is 0. The molecule has 2 aromatic rings. The molecule has 0 spiro atoms. The molecule has 0 heterocycles. The van der Waals surface area contributed by atoms with Gasteiger partial charge in [0.1, 0.15) is 11.0 Å². The van der Waals surface area contributed by atoms with E-state index in [1.54, 1.807) is 36.4 Å². The van der Waals surface area contributed by atoms with Crippen molar-refractivity contribution in [2.75, 3.05) is 4.72 Å². The number of hydrogen-bond acceptors (Lipinski definition) is 4. The molecule has 0 amide bonds. The molecule has 2 rings (SSSR count). The summed E-state index contributed by atoms with van der Waals surface area (Å²) in [5.41, 5.74) is 6.78. The second-order valence-corrected chi connectivity index (χ2v) is 5.73. The maximum Gasteiger partial charge on any atom is 0.263 e. The van der Waals surface area contributed by atoms with Gasteiger partial charge in [-0.3, -0.25) is 4.72 Å². The Bertz CT molecular complexity index is 764. The molecule has 0 unspecified atom stereocenters. The monoisotopic (exact) mass is 287 g/mol. The Morgan fingerprint density at radius 2 is 1.75 bits per heavy atom. The molecule has 0 fully saturated rings. The highest BCUT2D eigenvalue weighted by Gasteiger charge is 2.19. The van der Waals surface area contributed by atoms with Crippen LogP contribution in [0.2, 0.25) is 0 Å². The lowest BCUT2D eigenvalue weighted by Crippen LogP contribution is -2.16. The molecule has 3 N–H and O–H groups in total. The Hall–Kier alpha value is -2.36. The molecule has 0 atom stereocenters. The zero-order chi connectivity index (χ0) is 14.6. The van der Waals surface area contributed by atoms with E-state index < -0.39 is 10.0 Å². The van der Waals surface area contributed by atoms with E-state index in [2.05, 4.69) is 4.72 Å². The third kappa shape index (κ3) is 2.79. The summed E-state index contributed by atoms with van der Waals surface area (Å²) < 4.78 is 27.2. The molecule has 0 aliphatic rings. The van der Waals surface area contributed by atoms with Crippen LogP contribution in [0.25, 0.3) is 0 Å². The normalized spacial score (nSPS) is 10.8. The van der Waals surface area contributed by atoms with Crippen molar-refractivity contribution in [3.8, 4) is 6.07 Å². The fourth-order valence-corrected chi connectivity index (χ4v) is 3.05. The maximum absolute atomic E-state index is 12.3. The van der Waals surface area contributed by atoms with Crippen LogP contribution in [0, 0.1) is 11.3 Å². The number of nitriles is 1. The zero-order valence-corrected chi connectivity index (χ0v) is 11.4. The van der Waals surface area contributed by atoms with Gasteiger partial charge in [-0.1, -0.05) is 30.3 Å². The summed E-state index contributed by atoms with van der Waals surface area (Å²) in [6, 6.07) is 14.8. The van der Waals surface area contributed by atoms with Crippen molar-refractivity contribution in [3.63, 3.8) is 0 Å². The number of para-hydroxylation sites is 1. The van der Waals surface area contributed by atoms with Gasteiger partial charge in [0.25, 0.3) is 10.0 Å². The van der Waals surface area contributed by atoms with Gasteiger partial charge in [0, 0.05) is 6.54 Å². The van der Waals surface area contributed by atoms with Crippen LogP contribution in [0.4, 0.5) is 5.69 Å². The number of rotatable bonds is 4. The van der Waals surface area contributed by atoms with Crippen LogP contribution in [-0.2, 0) is 16.6 Å². The second-order valence-electron chi connectivity index (χ2n) is 4.07. The molecule has 0 radical (unpaired) electrons. The lowest BCUT2D eigenvalue weighted by molar-refractivity contribution is 0.601. The average molecular weight is 287 g/mol. The Morgan fingerprint density at radius 3 is 2.45 bits per heavy atom. The van der Waals surface area contributed by atoms with E-state index in [1.807, 2.05) is 6.07 Å². The Balaban J connectivity index is 2.44. The first-order chi connectivity index (χ1) is 9.58. The van der Waals surface area contributed by atoms with Gasteiger partial charge in [-0.25, -0.2) is 8.42 Å². The molecule has 0 bridgehead atoms. The molecule has 0 saturated carbocycles. The van der Waals surface area contributed by atoms with Crippen LogP contribution < -0.4 is 10.5 Å². The molecule has 2 aromatic carbocycles. The Kier molecular flexibility index (Phi) is 4.03. The number of nitrogens with zero attached hydrogens (tertiary/aromatic N) is 1. The van der Waals surface area contributed by atoms with E-state index in [0.29, 0.717) is 11.3 Å². The fourth-order valence-electron chi connectivity index (χ4n) is 1.79. The molecule has 6 heteroatoms. The number of nitrogens with one attached hydrogen (secondary N) is 1. The molecule has 102 valence electrons. The third-order valence-corrected chi connectivity index (χ3v) is 4.20. The Labute approximate surface area is 117 Å². The van der Waals surface area contributed by atoms with Crippen LogP contribution in [0.3, 0.4) is 0 Å². The molecule has 20 heavy (non-hydrogen) atoms. The highest BCUT2D eigenvalue weighted by atomic mass is 32.2. The summed E-state index contributed by atoms with van der Waals surface area (Å²) in [6.07, 6.45) is 0. The number of hydrogen-bond donors (Lipinski definition) is 2. The second kappa shape index (κ2) is 5.74. The molecule has 0 saturated heterocycles. The van der Waals surface area contributed by atoms with Crippen LogP contribution >= 0.6 is 0 Å². The molecular formula is C14H13N3O2S. The van der Waals surface area contributed by atoms with Crippen LogP contribution in [0.5, 0.6) is 0 Å². The summed E-state index contributed by atoms with van der Waals surface area (Å²) in [7, 11) is -3.82. The van der Waals surface area contributed by atoms with Gasteiger partial charge < -0.3 is 5.73 Å². The smallest absolute Gasteiger partial charge is 0.263 e. The van der Waals surface area contributed by atoms with E-state index in [9.17, 15) is 8.42 Å². The fraction of sp³-hybridized carbons (Fsp3) is 0.0714. The summed E-state index contributed by atoms with van der Waals surface area (Å²) in [4.78, 5) is -0.0469. The van der Waals surface area contributed by atoms with Crippen molar-refractivity contribution in [1.29, 1.82) is 5.26 Å². The molecule has 0 aromatic heterocycles. The van der Waals surface area contributed by atoms with Gasteiger partial charge in [-0.05, 0) is 23.8 Å². The molecule has 0 aliphatic heterocycles. The number of nitrogens with two attached hydrogens (primary N) is 1. The van der Waals surface area contributed by atoms with Gasteiger partial charge in [0.2, 0.25) is 0 Å². The quantitative estimate of drug-likeness (QED) is 0.896. The first-order valence-electron chi connectivity index (χ1n) is 5.88. The zero-order valence-electron chi connectivity index (χ0n) is 10.6. The predicted molar refractivity (Wildman–Crippen MR) is 76.3 cm³/mol. The minimum Gasteiger partial charge on any atom is -0.326 e. The SMILES string of the molecule is N#Cc1ccccc1S(=O)(=O)Nc1ccccc1CN. The van der Waals surface area contributed by atoms with Gasteiger partial charge in [0.15, 0.2) is 0 Å². The predicted octanol–water partition coefficient (Wildman–Crippen LogP) is 1.82. The van der Waals surface area contributed by atoms with Crippen LogP contribution in [0.15, 0.2) is 53.4 Å². The molecular weight excluding hydrogens is 274 g/mol. The largest absolute Gasteiger partial charge is 0.326 e. The highest BCUT2D eigenvalue weighted by Crippen LogP contribution is 2.21. The van der Waals surface area contributed by atoms with Crippen molar-refractivity contribution >= 4 is 15.7 Å². The van der Waals surface area contributed by atoms with Crippen LogP contribution in [-0.4, -0.2) is 8.42 Å². The molecule has 0 aliphatic carbocycles. The minimum absolute atomic E-state index is 0.0469. The van der Waals surface area contributed by atoms with E-state index in [4.69, 9.17) is 11.0 Å². The van der Waals surface area contributed by atoms with Gasteiger partial charge >= 0.3 is 0 Å². The minimum atomic E-state index is -3.82. The van der Waals surface area contributed by atoms with Crippen molar-refractivity contribution in [2.24, 2.45) is 5.73 Å². The van der Waals surface area contributed by atoms with Crippen molar-refractivity contribution in [1.82, 2.24) is 0 Å². The lowest BCUT2D eigenvalue weighted by atomic mass is 10.2. The molecule has 5 nitrogen and oxygen atoms in total. The number of anilines is 1. The van der Waals surface area contributed by atoms with Crippen LogP contribution in [0.1, 0.15) is 11.1 Å². The van der Waals surface area contributed by atoms with E-state index in [1.165, 1.54) is 12.1 Å². The number of benzene rings is 2. The first kappa shape index (κ1) is 14.1. The number of sulfonamides is 1. The van der Waals surface area contributed by atoms with Gasteiger partial charge in [-0.15, -0.1) is 0 Å². The Morgan fingerprint density at radius 1 is 1.10 bits per heavy atom. The van der Waals surface area contributed by atoms with Gasteiger partial charge in [0.05, 0.1) is 11.3 Å². The lowest BCUT2D eigenvalue weighted by Gasteiger charge is -2.12. The van der Waals surface area contributed by atoms with E-state index >= 15 is 0 Å². The van der Waals surface area contributed by atoms with Crippen molar-refractivity contribution in [2.45, 2.75) is 11.4 Å². The third-order valence-electron chi connectivity index (χ3n) is 2.78. The van der Waals surface area contributed by atoms with Gasteiger partial charge in [-0.2, -0.15) is 5.26 Å². The van der Waals surface area contributed by atoms with Crippen molar-refractivity contribution < 1.29 is 8.42 Å². The summed E-state index contributed by atoms with van der Waals surface area (Å²) in [5, 5.41) is 8.99. The maximum atomic E-state index is 12.3.